The number of ether oxygens (including phenoxy) is 1. The van der Waals surface area contributed by atoms with Crippen LogP contribution in [0, 0.1) is 0 Å². The van der Waals surface area contributed by atoms with Gasteiger partial charge in [0.2, 0.25) is 10.0 Å². The van der Waals surface area contributed by atoms with Crippen LogP contribution >= 0.6 is 11.6 Å². The number of hydrogen-bond donors (Lipinski definition) is 2. The summed E-state index contributed by atoms with van der Waals surface area (Å²) >= 11 is 6.25. The highest BCUT2D eigenvalue weighted by molar-refractivity contribution is 7.90. The van der Waals surface area contributed by atoms with Crippen LogP contribution in [0.1, 0.15) is 31.9 Å². The van der Waals surface area contributed by atoms with Crippen LogP contribution in [0.3, 0.4) is 0 Å². The van der Waals surface area contributed by atoms with Crippen molar-refractivity contribution in [2.24, 2.45) is 7.05 Å². The van der Waals surface area contributed by atoms with E-state index in [-0.39, 0.29) is 16.3 Å². The number of aryl methyl sites for hydroxylation is 2. The number of anilines is 1. The Morgan fingerprint density at radius 2 is 1.74 bits per heavy atom. The molecule has 0 spiro atoms. The maximum atomic E-state index is 13.0. The predicted octanol–water partition coefficient (Wildman–Crippen LogP) is 5.85. The smallest absolute Gasteiger partial charge is 0.243 e. The van der Waals surface area contributed by atoms with Gasteiger partial charge in [-0.05, 0) is 74.7 Å². The lowest BCUT2D eigenvalue weighted by atomic mass is 10.1. The van der Waals surface area contributed by atoms with Crippen LogP contribution in [0.4, 0.5) is 5.69 Å². The van der Waals surface area contributed by atoms with E-state index in [1.54, 1.807) is 51.1 Å². The zero-order valence-corrected chi connectivity index (χ0v) is 24.9. The van der Waals surface area contributed by atoms with Crippen molar-refractivity contribution in [1.29, 1.82) is 0 Å². The van der Waals surface area contributed by atoms with Crippen LogP contribution in [0.5, 0.6) is 5.75 Å². The molecule has 2 N–H and O–H groups in total. The van der Waals surface area contributed by atoms with Crippen molar-refractivity contribution < 1.29 is 17.4 Å². The lowest BCUT2D eigenvalue weighted by Crippen LogP contribution is -2.40. The Labute approximate surface area is 238 Å². The van der Waals surface area contributed by atoms with E-state index in [9.17, 15) is 12.6 Å². The van der Waals surface area contributed by atoms with Crippen LogP contribution in [-0.2, 0) is 40.9 Å². The fraction of sp³-hybridized carbons (Fsp3) is 0.310. The second-order valence-corrected chi connectivity index (χ2v) is 13.8. The standard InChI is InChI=1S/C29H34ClN3O4S2/c1-29(2,3)32-39(35,36)28-11-6-5-9-25(28)31-38(34)19-16-22-12-13-23(30)20-27(22)37-18-15-21-8-7-10-26-24(21)14-17-33(26)4/h5-14,17,20,31-32H,15-16,18-19H2,1-4H3. The van der Waals surface area contributed by atoms with E-state index in [1.807, 2.05) is 25.4 Å². The number of halogens is 1. The SMILES string of the molecule is Cn1ccc2c(CCOc3cc(Cl)ccc3CCS(=O)Nc3ccccc3S(=O)(=O)NC(C)(C)C)cccc21. The van der Waals surface area contributed by atoms with Crippen LogP contribution in [0.25, 0.3) is 10.9 Å². The topological polar surface area (TPSA) is 89.4 Å². The van der Waals surface area contributed by atoms with Crippen molar-refractivity contribution >= 4 is 49.2 Å². The van der Waals surface area contributed by atoms with Crippen molar-refractivity contribution in [3.63, 3.8) is 0 Å². The lowest BCUT2D eigenvalue weighted by molar-refractivity contribution is 0.319. The number of nitrogens with one attached hydrogen (secondary N) is 2. The zero-order valence-electron chi connectivity index (χ0n) is 22.5. The Balaban J connectivity index is 1.41. The monoisotopic (exact) mass is 587 g/mol. The summed E-state index contributed by atoms with van der Waals surface area (Å²) in [7, 11) is -3.31. The molecule has 0 aliphatic heterocycles. The van der Waals surface area contributed by atoms with E-state index in [1.165, 1.54) is 22.5 Å². The van der Waals surface area contributed by atoms with Gasteiger partial charge in [-0.1, -0.05) is 41.9 Å². The molecule has 1 atom stereocenters. The number of nitrogens with zero attached hydrogens (tertiary/aromatic N) is 1. The lowest BCUT2D eigenvalue weighted by Gasteiger charge is -2.21. The molecule has 0 aliphatic rings. The summed E-state index contributed by atoms with van der Waals surface area (Å²) in [5, 5.41) is 1.76. The third-order valence-electron chi connectivity index (χ3n) is 6.07. The fourth-order valence-electron chi connectivity index (χ4n) is 4.34. The van der Waals surface area contributed by atoms with E-state index in [4.69, 9.17) is 16.3 Å². The van der Waals surface area contributed by atoms with E-state index in [0.29, 0.717) is 23.8 Å². The molecule has 0 aliphatic carbocycles. The first-order valence-electron chi connectivity index (χ1n) is 12.7. The van der Waals surface area contributed by atoms with E-state index in [2.05, 4.69) is 32.2 Å². The van der Waals surface area contributed by atoms with Gasteiger partial charge in [-0.2, -0.15) is 0 Å². The van der Waals surface area contributed by atoms with Gasteiger partial charge in [0.25, 0.3) is 0 Å². The molecule has 4 aromatic rings. The Hall–Kier alpha value is -2.85. The third-order valence-corrected chi connectivity index (χ3v) is 9.15. The maximum absolute atomic E-state index is 13.0. The van der Waals surface area contributed by atoms with Gasteiger partial charge in [-0.15, -0.1) is 0 Å². The molecule has 39 heavy (non-hydrogen) atoms. The molecule has 0 saturated heterocycles. The molecule has 4 rings (SSSR count). The van der Waals surface area contributed by atoms with Crippen LogP contribution in [0.15, 0.2) is 77.8 Å². The van der Waals surface area contributed by atoms with Crippen LogP contribution in [-0.4, -0.2) is 35.1 Å². The summed E-state index contributed by atoms with van der Waals surface area (Å²) < 4.78 is 52.5. The molecule has 7 nitrogen and oxygen atoms in total. The molecular formula is C29H34ClN3O4S2. The van der Waals surface area contributed by atoms with Gasteiger partial charge in [0.05, 0.1) is 12.3 Å². The van der Waals surface area contributed by atoms with Gasteiger partial charge in [0, 0.05) is 46.9 Å². The molecule has 1 unspecified atom stereocenters. The summed E-state index contributed by atoms with van der Waals surface area (Å²) in [5.74, 6) is 0.902. The third kappa shape index (κ3) is 7.63. The van der Waals surface area contributed by atoms with Gasteiger partial charge < -0.3 is 14.0 Å². The van der Waals surface area contributed by atoms with E-state index in [0.717, 1.165) is 12.0 Å². The van der Waals surface area contributed by atoms with Crippen LogP contribution in [0.2, 0.25) is 5.02 Å². The minimum absolute atomic E-state index is 0.0530. The largest absolute Gasteiger partial charge is 0.493 e. The fourth-order valence-corrected chi connectivity index (χ4v) is 7.08. The first kappa shape index (κ1) is 29.1. The molecule has 1 heterocycles. The molecule has 1 aromatic heterocycles. The quantitative estimate of drug-likeness (QED) is 0.230. The number of sulfonamides is 1. The second kappa shape index (κ2) is 12.1. The number of benzene rings is 3. The predicted molar refractivity (Wildman–Crippen MR) is 160 cm³/mol. The van der Waals surface area contributed by atoms with Crippen molar-refractivity contribution in [2.75, 3.05) is 17.1 Å². The molecule has 0 radical (unpaired) electrons. The normalized spacial score (nSPS) is 12.9. The van der Waals surface area contributed by atoms with Crippen molar-refractivity contribution in [3.8, 4) is 5.75 Å². The first-order valence-corrected chi connectivity index (χ1v) is 15.8. The van der Waals surface area contributed by atoms with Crippen molar-refractivity contribution in [2.45, 2.75) is 44.0 Å². The van der Waals surface area contributed by atoms with Crippen molar-refractivity contribution in [3.05, 3.63) is 89.1 Å². The average molecular weight is 588 g/mol. The van der Waals surface area contributed by atoms with E-state index < -0.39 is 26.5 Å². The summed E-state index contributed by atoms with van der Waals surface area (Å²) in [4.78, 5) is 0.0530. The van der Waals surface area contributed by atoms with Gasteiger partial charge in [0.15, 0.2) is 0 Å². The number of para-hydroxylation sites is 1. The minimum Gasteiger partial charge on any atom is -0.493 e. The molecule has 0 saturated carbocycles. The highest BCUT2D eigenvalue weighted by atomic mass is 35.5. The van der Waals surface area contributed by atoms with E-state index >= 15 is 0 Å². The minimum atomic E-state index is -3.80. The Kier molecular flexibility index (Phi) is 9.06. The summed E-state index contributed by atoms with van der Waals surface area (Å²) in [6, 6.07) is 20.2. The molecule has 3 aromatic carbocycles. The summed E-state index contributed by atoms with van der Waals surface area (Å²) in [6.45, 7) is 5.78. The zero-order chi connectivity index (χ0) is 28.2. The van der Waals surface area contributed by atoms with Gasteiger partial charge in [-0.25, -0.2) is 17.3 Å². The van der Waals surface area contributed by atoms with Crippen LogP contribution < -0.4 is 14.2 Å². The molecule has 0 fully saturated rings. The van der Waals surface area contributed by atoms with Crippen molar-refractivity contribution in [1.82, 2.24) is 9.29 Å². The molecular weight excluding hydrogens is 554 g/mol. The maximum Gasteiger partial charge on any atom is 0.243 e. The Morgan fingerprint density at radius 1 is 0.974 bits per heavy atom. The molecule has 10 heteroatoms. The first-order chi connectivity index (χ1) is 18.4. The summed E-state index contributed by atoms with van der Waals surface area (Å²) in [5.41, 5.74) is 2.90. The molecule has 0 amide bonds. The van der Waals surface area contributed by atoms with Gasteiger partial charge in [0.1, 0.15) is 21.6 Å². The second-order valence-electron chi connectivity index (χ2n) is 10.4. The molecule has 208 valence electrons. The number of hydrogen-bond acceptors (Lipinski definition) is 4. The number of fused-ring (bicyclic) bond motifs is 1. The van der Waals surface area contributed by atoms with Gasteiger partial charge >= 0.3 is 0 Å². The number of aromatic nitrogens is 1. The molecule has 0 bridgehead atoms. The highest BCUT2D eigenvalue weighted by Crippen LogP contribution is 2.27. The Morgan fingerprint density at radius 3 is 2.51 bits per heavy atom. The number of rotatable bonds is 11. The average Bonchev–Trinajstić information content (AvgIpc) is 3.24. The highest BCUT2D eigenvalue weighted by Gasteiger charge is 2.25. The summed E-state index contributed by atoms with van der Waals surface area (Å²) in [6.07, 6.45) is 3.23. The Bertz CT molecular complexity index is 1590. The van der Waals surface area contributed by atoms with Gasteiger partial charge in [-0.3, -0.25) is 0 Å².